The largest absolute Gasteiger partial charge is 0.416 e. The number of aromatic nitrogens is 1. The third-order valence-electron chi connectivity index (χ3n) is 3.63. The second kappa shape index (κ2) is 8.19. The second-order valence-corrected chi connectivity index (χ2v) is 7.55. The number of nitriles is 1. The molecule has 9 heteroatoms. The van der Waals surface area contributed by atoms with Crippen molar-refractivity contribution in [3.63, 3.8) is 0 Å². The van der Waals surface area contributed by atoms with Crippen LogP contribution in [-0.2, 0) is 11.0 Å². The maximum Gasteiger partial charge on any atom is 0.416 e. The molecular weight excluding hydrogens is 399 g/mol. The zero-order valence-electron chi connectivity index (χ0n) is 14.6. The van der Waals surface area contributed by atoms with Crippen molar-refractivity contribution < 1.29 is 18.0 Å². The number of aryl methyl sites for hydroxylation is 2. The number of hydrogen-bond acceptors (Lipinski definition) is 4. The van der Waals surface area contributed by atoms with Crippen molar-refractivity contribution in [1.29, 1.82) is 5.26 Å². The number of anilines is 1. The van der Waals surface area contributed by atoms with E-state index in [1.807, 2.05) is 0 Å². The molecule has 1 amide bonds. The first kappa shape index (κ1) is 21.1. The average Bonchev–Trinajstić information content (AvgIpc) is 2.55. The third kappa shape index (κ3) is 5.15. The number of nitrogens with one attached hydrogen (secondary N) is 1. The van der Waals surface area contributed by atoms with E-state index in [4.69, 9.17) is 11.6 Å². The molecule has 1 N–H and O–H groups in total. The zero-order valence-corrected chi connectivity index (χ0v) is 16.2. The highest BCUT2D eigenvalue weighted by molar-refractivity contribution is 8.00. The topological polar surface area (TPSA) is 65.8 Å². The van der Waals surface area contributed by atoms with Crippen molar-refractivity contribution in [3.05, 3.63) is 51.7 Å². The van der Waals surface area contributed by atoms with Crippen LogP contribution in [0.4, 0.5) is 18.9 Å². The van der Waals surface area contributed by atoms with Crippen LogP contribution in [0.2, 0.25) is 5.02 Å². The Morgan fingerprint density at radius 1 is 1.33 bits per heavy atom. The number of carbonyl (C=O) groups excluding carboxylic acids is 1. The summed E-state index contributed by atoms with van der Waals surface area (Å²) in [7, 11) is 0. The molecule has 1 heterocycles. The number of amides is 1. The van der Waals surface area contributed by atoms with Gasteiger partial charge in [-0.1, -0.05) is 23.4 Å². The Morgan fingerprint density at radius 3 is 2.59 bits per heavy atom. The molecule has 1 atom stereocenters. The summed E-state index contributed by atoms with van der Waals surface area (Å²) >= 11 is 6.96. The van der Waals surface area contributed by atoms with Crippen LogP contribution >= 0.6 is 23.4 Å². The van der Waals surface area contributed by atoms with Gasteiger partial charge in [-0.15, -0.1) is 0 Å². The minimum Gasteiger partial charge on any atom is -0.324 e. The molecule has 0 aliphatic heterocycles. The molecule has 27 heavy (non-hydrogen) atoms. The standard InChI is InChI=1S/C18H15ClF3N3OS/c1-9-6-10(2)24-17(13(9)8-23)27-11(3)16(26)25-15-7-12(18(20,21)22)4-5-14(15)19/h4-7,11H,1-3H3,(H,25,26). The molecule has 1 aromatic heterocycles. The number of alkyl halides is 3. The van der Waals surface area contributed by atoms with E-state index in [0.29, 0.717) is 16.3 Å². The quantitative estimate of drug-likeness (QED) is 0.685. The summed E-state index contributed by atoms with van der Waals surface area (Å²) in [5.41, 5.74) is 0.758. The molecule has 0 saturated heterocycles. The minimum atomic E-state index is -4.55. The monoisotopic (exact) mass is 413 g/mol. The molecule has 142 valence electrons. The summed E-state index contributed by atoms with van der Waals surface area (Å²) in [4.78, 5) is 16.7. The molecule has 0 radical (unpaired) electrons. The number of benzene rings is 1. The normalized spacial score (nSPS) is 12.4. The summed E-state index contributed by atoms with van der Waals surface area (Å²) in [5, 5.41) is 11.4. The Balaban J connectivity index is 2.22. The predicted molar refractivity (Wildman–Crippen MR) is 98.8 cm³/mol. The van der Waals surface area contributed by atoms with E-state index >= 15 is 0 Å². The number of nitrogens with zero attached hydrogens (tertiary/aromatic N) is 2. The van der Waals surface area contributed by atoms with Crippen molar-refractivity contribution in [2.45, 2.75) is 37.2 Å². The molecular formula is C18H15ClF3N3OS. The molecule has 0 saturated carbocycles. The highest BCUT2D eigenvalue weighted by Gasteiger charge is 2.31. The van der Waals surface area contributed by atoms with E-state index in [1.165, 1.54) is 0 Å². The van der Waals surface area contributed by atoms with Crippen molar-refractivity contribution in [1.82, 2.24) is 4.98 Å². The van der Waals surface area contributed by atoms with Gasteiger partial charge in [-0.2, -0.15) is 18.4 Å². The van der Waals surface area contributed by atoms with E-state index in [1.54, 1.807) is 26.8 Å². The number of carbonyl (C=O) groups is 1. The summed E-state index contributed by atoms with van der Waals surface area (Å²) in [6.07, 6.45) is -4.55. The van der Waals surface area contributed by atoms with E-state index in [9.17, 15) is 23.2 Å². The van der Waals surface area contributed by atoms with E-state index in [0.717, 1.165) is 35.5 Å². The van der Waals surface area contributed by atoms with Crippen LogP contribution in [0, 0.1) is 25.2 Å². The Kier molecular flexibility index (Phi) is 6.39. The van der Waals surface area contributed by atoms with Crippen LogP contribution in [0.25, 0.3) is 0 Å². The van der Waals surface area contributed by atoms with Gasteiger partial charge in [0, 0.05) is 5.69 Å². The van der Waals surface area contributed by atoms with Crippen LogP contribution in [-0.4, -0.2) is 16.1 Å². The van der Waals surface area contributed by atoms with Crippen LogP contribution in [0.3, 0.4) is 0 Å². The van der Waals surface area contributed by atoms with Crippen LogP contribution in [0.15, 0.2) is 29.3 Å². The average molecular weight is 414 g/mol. The van der Waals surface area contributed by atoms with Gasteiger partial charge >= 0.3 is 6.18 Å². The first-order valence-electron chi connectivity index (χ1n) is 7.75. The first-order chi connectivity index (χ1) is 12.5. The van der Waals surface area contributed by atoms with Gasteiger partial charge in [0.25, 0.3) is 0 Å². The maximum atomic E-state index is 12.8. The van der Waals surface area contributed by atoms with Crippen molar-refractivity contribution in [3.8, 4) is 6.07 Å². The summed E-state index contributed by atoms with van der Waals surface area (Å²) in [6, 6.07) is 6.52. The summed E-state index contributed by atoms with van der Waals surface area (Å²) < 4.78 is 38.5. The number of halogens is 4. The summed E-state index contributed by atoms with van der Waals surface area (Å²) in [5.74, 6) is -0.550. The smallest absolute Gasteiger partial charge is 0.324 e. The van der Waals surface area contributed by atoms with E-state index in [2.05, 4.69) is 16.4 Å². The third-order valence-corrected chi connectivity index (χ3v) is 5.05. The lowest BCUT2D eigenvalue weighted by molar-refractivity contribution is -0.137. The molecule has 0 aliphatic carbocycles. The lowest BCUT2D eigenvalue weighted by atomic mass is 10.1. The van der Waals surface area contributed by atoms with Crippen LogP contribution in [0.5, 0.6) is 0 Å². The van der Waals surface area contributed by atoms with Crippen LogP contribution in [0.1, 0.15) is 29.3 Å². The maximum absolute atomic E-state index is 12.8. The number of thioether (sulfide) groups is 1. The van der Waals surface area contributed by atoms with Crippen molar-refractivity contribution in [2.75, 3.05) is 5.32 Å². The molecule has 2 aromatic rings. The minimum absolute atomic E-state index is 0.00390. The van der Waals surface area contributed by atoms with Crippen LogP contribution < -0.4 is 5.32 Å². The van der Waals surface area contributed by atoms with Gasteiger partial charge in [0.05, 0.1) is 27.1 Å². The van der Waals surface area contributed by atoms with E-state index in [-0.39, 0.29) is 10.7 Å². The van der Waals surface area contributed by atoms with Gasteiger partial charge < -0.3 is 5.32 Å². The Hall–Kier alpha value is -2.24. The van der Waals surface area contributed by atoms with Gasteiger partial charge in [-0.25, -0.2) is 4.98 Å². The first-order valence-corrected chi connectivity index (χ1v) is 9.01. The zero-order chi connectivity index (χ0) is 20.4. The lowest BCUT2D eigenvalue weighted by Gasteiger charge is -2.15. The fourth-order valence-corrected chi connectivity index (χ4v) is 3.46. The molecule has 1 aromatic carbocycles. The van der Waals surface area contributed by atoms with Gasteiger partial charge in [0.15, 0.2) is 0 Å². The summed E-state index contributed by atoms with van der Waals surface area (Å²) in [6.45, 7) is 5.11. The van der Waals surface area contributed by atoms with Crippen molar-refractivity contribution in [2.24, 2.45) is 0 Å². The van der Waals surface area contributed by atoms with Crippen molar-refractivity contribution >= 4 is 35.0 Å². The van der Waals surface area contributed by atoms with Gasteiger partial charge in [0.1, 0.15) is 11.1 Å². The lowest BCUT2D eigenvalue weighted by Crippen LogP contribution is -2.23. The number of pyridine rings is 1. The number of rotatable bonds is 4. The molecule has 4 nitrogen and oxygen atoms in total. The SMILES string of the molecule is Cc1cc(C)c(C#N)c(SC(C)C(=O)Nc2cc(C(F)(F)F)ccc2Cl)n1. The fourth-order valence-electron chi connectivity index (χ4n) is 2.28. The predicted octanol–water partition coefficient (Wildman–Crippen LogP) is 5.36. The Labute approximate surface area is 163 Å². The van der Waals surface area contributed by atoms with Gasteiger partial charge in [-0.3, -0.25) is 4.79 Å². The molecule has 0 aliphatic rings. The van der Waals surface area contributed by atoms with Gasteiger partial charge in [-0.05, 0) is 50.6 Å². The fraction of sp³-hybridized carbons (Fsp3) is 0.278. The second-order valence-electron chi connectivity index (χ2n) is 5.81. The molecule has 2 rings (SSSR count). The Morgan fingerprint density at radius 2 is 2.00 bits per heavy atom. The highest BCUT2D eigenvalue weighted by atomic mass is 35.5. The van der Waals surface area contributed by atoms with Gasteiger partial charge in [0.2, 0.25) is 5.91 Å². The molecule has 0 bridgehead atoms. The number of hydrogen-bond donors (Lipinski definition) is 1. The highest BCUT2D eigenvalue weighted by Crippen LogP contribution is 2.34. The molecule has 1 unspecified atom stereocenters. The van der Waals surface area contributed by atoms with E-state index < -0.39 is 22.9 Å². The Bertz CT molecular complexity index is 925. The molecule has 0 spiro atoms. The molecule has 0 fully saturated rings.